The molecule has 1 aliphatic heterocycles. The van der Waals surface area contributed by atoms with Crippen molar-refractivity contribution in [1.29, 1.82) is 0 Å². The van der Waals surface area contributed by atoms with Crippen LogP contribution in [0.2, 0.25) is 0 Å². The molecule has 0 bridgehead atoms. The van der Waals surface area contributed by atoms with Gasteiger partial charge in [0.15, 0.2) is 0 Å². The third-order valence-corrected chi connectivity index (χ3v) is 4.78. The smallest absolute Gasteiger partial charge is 0.253 e. The fraction of sp³-hybridized carbons (Fsp3) is 0.368. The zero-order chi connectivity index (χ0) is 17.2. The molecule has 0 aliphatic carbocycles. The maximum Gasteiger partial charge on any atom is 0.253 e. The summed E-state index contributed by atoms with van der Waals surface area (Å²) in [5.74, 6) is -0.0727. The Hall–Kier alpha value is -2.60. The van der Waals surface area contributed by atoms with Gasteiger partial charge in [-0.3, -0.25) is 9.48 Å². The standard InChI is InChI=1S/C19H22N4O2/c1-2-23-12-14(11-21-23)18-16(7-4-10-25-18)22-19(24)15-6-3-5-13-8-9-20-17(13)15/h3,5-6,8-9,11-12,16,18,20H,2,4,7,10H2,1H3,(H,22,24)/t16-,18+/m0/s1. The van der Waals surface area contributed by atoms with Crippen LogP contribution in [0.1, 0.15) is 41.8 Å². The number of aromatic amines is 1. The summed E-state index contributed by atoms with van der Waals surface area (Å²) in [6.45, 7) is 3.58. The number of aromatic nitrogens is 3. The first kappa shape index (κ1) is 15.9. The minimum absolute atomic E-state index is 0.0547. The van der Waals surface area contributed by atoms with Crippen molar-refractivity contribution in [2.45, 2.75) is 38.5 Å². The van der Waals surface area contributed by atoms with E-state index in [1.165, 1.54) is 0 Å². The summed E-state index contributed by atoms with van der Waals surface area (Å²) in [5, 5.41) is 8.54. The van der Waals surface area contributed by atoms with Gasteiger partial charge in [0.05, 0.1) is 23.3 Å². The highest BCUT2D eigenvalue weighted by atomic mass is 16.5. The predicted octanol–water partition coefficient (Wildman–Crippen LogP) is 3.03. The number of H-pyrrole nitrogens is 1. The number of para-hydroxylation sites is 1. The van der Waals surface area contributed by atoms with Crippen LogP contribution < -0.4 is 5.32 Å². The van der Waals surface area contributed by atoms with Crippen LogP contribution in [0.15, 0.2) is 42.9 Å². The Morgan fingerprint density at radius 3 is 3.20 bits per heavy atom. The molecule has 1 aliphatic rings. The average Bonchev–Trinajstić information content (AvgIpc) is 3.31. The van der Waals surface area contributed by atoms with Crippen molar-refractivity contribution >= 4 is 16.8 Å². The minimum atomic E-state index is -0.152. The molecule has 0 saturated carbocycles. The molecule has 1 saturated heterocycles. The number of hydrogen-bond acceptors (Lipinski definition) is 3. The third-order valence-electron chi connectivity index (χ3n) is 4.78. The molecule has 0 spiro atoms. The quantitative estimate of drug-likeness (QED) is 0.768. The van der Waals surface area contributed by atoms with Crippen molar-refractivity contribution in [2.24, 2.45) is 0 Å². The van der Waals surface area contributed by atoms with Gasteiger partial charge in [-0.15, -0.1) is 0 Å². The van der Waals surface area contributed by atoms with Gasteiger partial charge in [0.1, 0.15) is 6.10 Å². The van der Waals surface area contributed by atoms with Crippen LogP contribution in [0.25, 0.3) is 10.9 Å². The van der Waals surface area contributed by atoms with Crippen molar-refractivity contribution in [3.8, 4) is 0 Å². The number of hydrogen-bond donors (Lipinski definition) is 2. The lowest BCUT2D eigenvalue weighted by Gasteiger charge is -2.31. The summed E-state index contributed by atoms with van der Waals surface area (Å²) in [4.78, 5) is 16.0. The normalized spacial score (nSPS) is 20.7. The van der Waals surface area contributed by atoms with Gasteiger partial charge in [-0.1, -0.05) is 12.1 Å². The molecular weight excluding hydrogens is 316 g/mol. The predicted molar refractivity (Wildman–Crippen MR) is 95.4 cm³/mol. The van der Waals surface area contributed by atoms with E-state index >= 15 is 0 Å². The number of carbonyl (C=O) groups is 1. The number of ether oxygens (including phenoxy) is 1. The van der Waals surface area contributed by atoms with Crippen LogP contribution >= 0.6 is 0 Å². The Morgan fingerprint density at radius 1 is 1.44 bits per heavy atom. The molecule has 130 valence electrons. The Balaban J connectivity index is 1.57. The molecule has 25 heavy (non-hydrogen) atoms. The highest BCUT2D eigenvalue weighted by Crippen LogP contribution is 2.29. The number of fused-ring (bicyclic) bond motifs is 1. The summed E-state index contributed by atoms with van der Waals surface area (Å²) >= 11 is 0. The van der Waals surface area contributed by atoms with Crippen LogP contribution in [0.4, 0.5) is 0 Å². The Morgan fingerprint density at radius 2 is 2.36 bits per heavy atom. The van der Waals surface area contributed by atoms with Crippen molar-refractivity contribution < 1.29 is 9.53 Å². The molecule has 3 heterocycles. The highest BCUT2D eigenvalue weighted by molar-refractivity contribution is 6.05. The number of amides is 1. The summed E-state index contributed by atoms with van der Waals surface area (Å²) in [6.07, 6.45) is 7.38. The summed E-state index contributed by atoms with van der Waals surface area (Å²) < 4.78 is 7.85. The molecule has 4 rings (SSSR count). The topological polar surface area (TPSA) is 71.9 Å². The lowest BCUT2D eigenvalue weighted by atomic mass is 9.97. The lowest BCUT2D eigenvalue weighted by Crippen LogP contribution is -2.42. The second-order valence-corrected chi connectivity index (χ2v) is 6.39. The summed E-state index contributed by atoms with van der Waals surface area (Å²) in [5.41, 5.74) is 2.55. The second-order valence-electron chi connectivity index (χ2n) is 6.39. The first-order valence-electron chi connectivity index (χ1n) is 8.77. The van der Waals surface area contributed by atoms with E-state index in [1.54, 1.807) is 0 Å². The molecule has 3 aromatic rings. The molecule has 0 radical (unpaired) electrons. The SMILES string of the molecule is CCn1cc([C@H]2OCCC[C@@H]2NC(=O)c2cccc3cc[nH]c23)cn1. The summed E-state index contributed by atoms with van der Waals surface area (Å²) in [6, 6.07) is 7.67. The van der Waals surface area contributed by atoms with Crippen molar-refractivity contribution in [3.63, 3.8) is 0 Å². The summed E-state index contributed by atoms with van der Waals surface area (Å²) in [7, 11) is 0. The van der Waals surface area contributed by atoms with E-state index in [-0.39, 0.29) is 18.1 Å². The monoisotopic (exact) mass is 338 g/mol. The van der Waals surface area contributed by atoms with E-state index in [4.69, 9.17) is 4.74 Å². The molecule has 2 N–H and O–H groups in total. The van der Waals surface area contributed by atoms with E-state index < -0.39 is 0 Å². The molecule has 1 fully saturated rings. The van der Waals surface area contributed by atoms with Crippen LogP contribution in [-0.2, 0) is 11.3 Å². The van der Waals surface area contributed by atoms with Crippen LogP contribution in [-0.4, -0.2) is 33.3 Å². The molecule has 0 unspecified atom stereocenters. The molecule has 1 amide bonds. The van der Waals surface area contributed by atoms with Crippen LogP contribution in [0, 0.1) is 0 Å². The Labute approximate surface area is 146 Å². The number of aryl methyl sites for hydroxylation is 1. The van der Waals surface area contributed by atoms with E-state index in [0.717, 1.165) is 35.9 Å². The van der Waals surface area contributed by atoms with Gasteiger partial charge in [0.2, 0.25) is 0 Å². The molecule has 1 aromatic carbocycles. The zero-order valence-corrected chi connectivity index (χ0v) is 14.2. The number of benzene rings is 1. The van der Waals surface area contributed by atoms with E-state index in [9.17, 15) is 4.79 Å². The van der Waals surface area contributed by atoms with Gasteiger partial charge < -0.3 is 15.0 Å². The highest BCUT2D eigenvalue weighted by Gasteiger charge is 2.30. The van der Waals surface area contributed by atoms with Crippen molar-refractivity contribution in [3.05, 3.63) is 54.0 Å². The van der Waals surface area contributed by atoms with Crippen LogP contribution in [0.3, 0.4) is 0 Å². The van der Waals surface area contributed by atoms with Gasteiger partial charge in [-0.05, 0) is 31.9 Å². The van der Waals surface area contributed by atoms with Gasteiger partial charge in [0.25, 0.3) is 5.91 Å². The number of nitrogens with one attached hydrogen (secondary N) is 2. The first-order chi connectivity index (χ1) is 12.3. The number of rotatable bonds is 4. The van der Waals surface area contributed by atoms with Gasteiger partial charge in [-0.2, -0.15) is 5.10 Å². The lowest BCUT2D eigenvalue weighted by molar-refractivity contribution is -0.00949. The van der Waals surface area contributed by atoms with Gasteiger partial charge >= 0.3 is 0 Å². The van der Waals surface area contributed by atoms with E-state index in [2.05, 4.69) is 22.3 Å². The molecule has 2 atom stereocenters. The largest absolute Gasteiger partial charge is 0.371 e. The van der Waals surface area contributed by atoms with Gasteiger partial charge in [-0.25, -0.2) is 0 Å². The third kappa shape index (κ3) is 3.05. The van der Waals surface area contributed by atoms with Crippen molar-refractivity contribution in [2.75, 3.05) is 6.61 Å². The average molecular weight is 338 g/mol. The maximum atomic E-state index is 12.9. The van der Waals surface area contributed by atoms with Crippen LogP contribution in [0.5, 0.6) is 0 Å². The molecule has 2 aromatic heterocycles. The van der Waals surface area contributed by atoms with Gasteiger partial charge in [0, 0.05) is 36.5 Å². The fourth-order valence-electron chi connectivity index (χ4n) is 3.48. The fourth-order valence-corrected chi connectivity index (χ4v) is 3.48. The molecule has 6 nitrogen and oxygen atoms in total. The first-order valence-corrected chi connectivity index (χ1v) is 8.77. The number of carbonyl (C=O) groups excluding carboxylic acids is 1. The van der Waals surface area contributed by atoms with E-state index in [0.29, 0.717) is 12.2 Å². The van der Waals surface area contributed by atoms with Crippen molar-refractivity contribution in [1.82, 2.24) is 20.1 Å². The van der Waals surface area contributed by atoms with E-state index in [1.807, 2.05) is 47.5 Å². The zero-order valence-electron chi connectivity index (χ0n) is 14.2. The maximum absolute atomic E-state index is 12.9. The second kappa shape index (κ2) is 6.72. The molecular formula is C19H22N4O2. The number of nitrogens with zero attached hydrogens (tertiary/aromatic N) is 2. The minimum Gasteiger partial charge on any atom is -0.371 e. The molecule has 6 heteroatoms. The Bertz CT molecular complexity index is 882. The Kier molecular flexibility index (Phi) is 4.28.